The van der Waals surface area contributed by atoms with Gasteiger partial charge < -0.3 is 0 Å². The van der Waals surface area contributed by atoms with Crippen molar-refractivity contribution in [2.75, 3.05) is 0 Å². The van der Waals surface area contributed by atoms with Crippen molar-refractivity contribution in [2.45, 2.75) is 110 Å². The molecule has 0 N–H and O–H groups in total. The SMILES string of the molecule is C=CCC(c1ccccc1)C(CCC)CCCCCCCCCCCC. The number of hydrogen-bond acceptors (Lipinski definition) is 0. The highest BCUT2D eigenvalue weighted by atomic mass is 14.3. The third-order valence-electron chi connectivity index (χ3n) is 5.81. The van der Waals surface area contributed by atoms with Crippen LogP contribution in [0.5, 0.6) is 0 Å². The summed E-state index contributed by atoms with van der Waals surface area (Å²) in [5, 5.41) is 0. The van der Waals surface area contributed by atoms with Crippen LogP contribution in [0.25, 0.3) is 0 Å². The fraction of sp³-hybridized carbons (Fsp3) is 0.692. The van der Waals surface area contributed by atoms with E-state index in [4.69, 9.17) is 0 Å². The highest BCUT2D eigenvalue weighted by molar-refractivity contribution is 5.21. The van der Waals surface area contributed by atoms with Gasteiger partial charge in [0.1, 0.15) is 0 Å². The van der Waals surface area contributed by atoms with Gasteiger partial charge >= 0.3 is 0 Å². The molecule has 0 radical (unpaired) electrons. The van der Waals surface area contributed by atoms with Gasteiger partial charge in [0, 0.05) is 0 Å². The van der Waals surface area contributed by atoms with E-state index in [1.165, 1.54) is 89.0 Å². The van der Waals surface area contributed by atoms with E-state index in [0.717, 1.165) is 12.3 Å². The molecule has 0 fully saturated rings. The summed E-state index contributed by atoms with van der Waals surface area (Å²) in [6.45, 7) is 8.65. The van der Waals surface area contributed by atoms with Crippen molar-refractivity contribution in [3.8, 4) is 0 Å². The third kappa shape index (κ3) is 10.2. The number of unbranched alkanes of at least 4 members (excludes halogenated alkanes) is 9. The Balaban J connectivity index is 2.30. The molecule has 0 aliphatic rings. The molecule has 1 aromatic carbocycles. The molecular formula is C26H44. The van der Waals surface area contributed by atoms with E-state index in [0.29, 0.717) is 5.92 Å². The first-order valence-electron chi connectivity index (χ1n) is 11.5. The predicted octanol–water partition coefficient (Wildman–Crippen LogP) is 9.07. The monoisotopic (exact) mass is 356 g/mol. The second-order valence-corrected chi connectivity index (χ2v) is 8.06. The third-order valence-corrected chi connectivity index (χ3v) is 5.81. The smallest absolute Gasteiger partial charge is 0.00992 e. The molecule has 0 aromatic heterocycles. The first-order valence-corrected chi connectivity index (χ1v) is 11.5. The van der Waals surface area contributed by atoms with Crippen LogP contribution in [0, 0.1) is 5.92 Å². The van der Waals surface area contributed by atoms with Crippen molar-refractivity contribution in [3.05, 3.63) is 48.6 Å². The molecule has 0 aliphatic heterocycles. The van der Waals surface area contributed by atoms with Gasteiger partial charge in [-0.2, -0.15) is 0 Å². The Morgan fingerprint density at radius 1 is 0.731 bits per heavy atom. The lowest BCUT2D eigenvalue weighted by atomic mass is 9.78. The van der Waals surface area contributed by atoms with Crippen molar-refractivity contribution in [1.29, 1.82) is 0 Å². The van der Waals surface area contributed by atoms with Crippen LogP contribution in [0.2, 0.25) is 0 Å². The highest BCUT2D eigenvalue weighted by Gasteiger charge is 2.21. The number of allylic oxidation sites excluding steroid dienone is 1. The van der Waals surface area contributed by atoms with E-state index in [1.807, 2.05) is 0 Å². The fourth-order valence-corrected chi connectivity index (χ4v) is 4.29. The first kappa shape index (κ1) is 23.0. The second kappa shape index (κ2) is 16.2. The van der Waals surface area contributed by atoms with Gasteiger partial charge in [0.2, 0.25) is 0 Å². The Bertz CT molecular complexity index is 419. The zero-order valence-electron chi connectivity index (χ0n) is 17.7. The maximum Gasteiger partial charge on any atom is -0.00992 e. The molecule has 0 amide bonds. The second-order valence-electron chi connectivity index (χ2n) is 8.06. The Hall–Kier alpha value is -1.04. The van der Waals surface area contributed by atoms with Gasteiger partial charge in [-0.25, -0.2) is 0 Å². The maximum atomic E-state index is 4.03. The molecule has 148 valence electrons. The quantitative estimate of drug-likeness (QED) is 0.193. The highest BCUT2D eigenvalue weighted by Crippen LogP contribution is 2.35. The van der Waals surface area contributed by atoms with Crippen molar-refractivity contribution in [1.82, 2.24) is 0 Å². The van der Waals surface area contributed by atoms with E-state index >= 15 is 0 Å². The van der Waals surface area contributed by atoms with Gasteiger partial charge in [-0.05, 0) is 30.2 Å². The Morgan fingerprint density at radius 3 is 1.85 bits per heavy atom. The summed E-state index contributed by atoms with van der Waals surface area (Å²) >= 11 is 0. The molecule has 2 atom stereocenters. The zero-order chi connectivity index (χ0) is 18.9. The molecule has 0 heteroatoms. The molecule has 0 saturated heterocycles. The molecule has 0 spiro atoms. The minimum atomic E-state index is 0.659. The topological polar surface area (TPSA) is 0 Å². The summed E-state index contributed by atoms with van der Waals surface area (Å²) < 4.78 is 0. The molecule has 1 rings (SSSR count). The minimum absolute atomic E-state index is 0.659. The summed E-state index contributed by atoms with van der Waals surface area (Å²) in [5.74, 6) is 1.47. The molecule has 2 unspecified atom stereocenters. The molecular weight excluding hydrogens is 312 g/mol. The van der Waals surface area contributed by atoms with E-state index in [1.54, 1.807) is 0 Å². The molecule has 0 aliphatic carbocycles. The molecule has 0 nitrogen and oxygen atoms in total. The Kier molecular flexibility index (Phi) is 14.3. The average Bonchev–Trinajstić information content (AvgIpc) is 2.67. The fourth-order valence-electron chi connectivity index (χ4n) is 4.29. The van der Waals surface area contributed by atoms with Gasteiger partial charge in [-0.3, -0.25) is 0 Å². The summed E-state index contributed by atoms with van der Waals surface area (Å²) in [4.78, 5) is 0. The first-order chi connectivity index (χ1) is 12.8. The number of benzene rings is 1. The van der Waals surface area contributed by atoms with Crippen LogP contribution >= 0.6 is 0 Å². The number of rotatable bonds is 17. The Labute approximate surface area is 164 Å². The molecule has 0 saturated carbocycles. The van der Waals surface area contributed by atoms with Crippen LogP contribution in [-0.2, 0) is 0 Å². The van der Waals surface area contributed by atoms with Crippen molar-refractivity contribution in [2.24, 2.45) is 5.92 Å². The lowest BCUT2D eigenvalue weighted by Gasteiger charge is -2.27. The van der Waals surface area contributed by atoms with Crippen molar-refractivity contribution < 1.29 is 0 Å². The van der Waals surface area contributed by atoms with Crippen molar-refractivity contribution >= 4 is 0 Å². The summed E-state index contributed by atoms with van der Waals surface area (Å²) in [7, 11) is 0. The van der Waals surface area contributed by atoms with Crippen molar-refractivity contribution in [3.63, 3.8) is 0 Å². The van der Waals surface area contributed by atoms with Crippen LogP contribution in [-0.4, -0.2) is 0 Å². The molecule has 1 aromatic rings. The molecule has 0 bridgehead atoms. The van der Waals surface area contributed by atoms with E-state index in [-0.39, 0.29) is 0 Å². The van der Waals surface area contributed by atoms with Gasteiger partial charge in [0.15, 0.2) is 0 Å². The van der Waals surface area contributed by atoms with E-state index in [9.17, 15) is 0 Å². The number of hydrogen-bond donors (Lipinski definition) is 0. The standard InChI is InChI=1S/C26H44/c1-4-7-8-9-10-11-12-13-14-16-21-24(19-5-2)26(20-6-3)25-22-17-15-18-23-25/h6,15,17-18,22-24,26H,3-5,7-14,16,19-21H2,1-2H3. The lowest BCUT2D eigenvalue weighted by molar-refractivity contribution is 0.351. The van der Waals surface area contributed by atoms with Crippen LogP contribution in [0.1, 0.15) is 115 Å². The summed E-state index contributed by atoms with van der Waals surface area (Å²) in [6, 6.07) is 11.1. The van der Waals surface area contributed by atoms with Crippen LogP contribution in [0.3, 0.4) is 0 Å². The van der Waals surface area contributed by atoms with E-state index in [2.05, 4.69) is 56.8 Å². The largest absolute Gasteiger partial charge is 0.103 e. The van der Waals surface area contributed by atoms with E-state index < -0.39 is 0 Å². The van der Waals surface area contributed by atoms with Gasteiger partial charge in [-0.1, -0.05) is 127 Å². The predicted molar refractivity (Wildman–Crippen MR) is 119 cm³/mol. The summed E-state index contributed by atoms with van der Waals surface area (Å²) in [5.41, 5.74) is 1.51. The van der Waals surface area contributed by atoms with Crippen LogP contribution < -0.4 is 0 Å². The van der Waals surface area contributed by atoms with Gasteiger partial charge in [-0.15, -0.1) is 6.58 Å². The molecule has 0 heterocycles. The Morgan fingerprint density at radius 2 is 1.31 bits per heavy atom. The van der Waals surface area contributed by atoms with Crippen LogP contribution in [0.4, 0.5) is 0 Å². The maximum absolute atomic E-state index is 4.03. The lowest BCUT2D eigenvalue weighted by Crippen LogP contribution is -2.13. The van der Waals surface area contributed by atoms with Gasteiger partial charge in [0.25, 0.3) is 0 Å². The average molecular weight is 357 g/mol. The zero-order valence-corrected chi connectivity index (χ0v) is 17.7. The summed E-state index contributed by atoms with van der Waals surface area (Å²) in [6.07, 6.45) is 21.6. The van der Waals surface area contributed by atoms with Crippen LogP contribution in [0.15, 0.2) is 43.0 Å². The minimum Gasteiger partial charge on any atom is -0.103 e. The molecule has 26 heavy (non-hydrogen) atoms. The van der Waals surface area contributed by atoms with Gasteiger partial charge in [0.05, 0.1) is 0 Å². The normalized spacial score (nSPS) is 13.5.